The molecule has 0 radical (unpaired) electrons. The molecule has 0 amide bonds. The normalized spacial score (nSPS) is 14.2. The van der Waals surface area contributed by atoms with Gasteiger partial charge in [0.05, 0.1) is 10.0 Å². The fraction of sp³-hybridized carbons (Fsp3) is 0.188. The summed E-state index contributed by atoms with van der Waals surface area (Å²) in [4.78, 5) is 0. The minimum Gasteiger partial charge on any atom is -0.456 e. The summed E-state index contributed by atoms with van der Waals surface area (Å²) in [6.45, 7) is 0. The molecule has 1 saturated carbocycles. The third-order valence-electron chi connectivity index (χ3n) is 7.15. The minimum absolute atomic E-state index is 0.114. The molecule has 0 saturated heterocycles. The molecule has 0 aliphatic heterocycles. The van der Waals surface area contributed by atoms with Gasteiger partial charge in [0.15, 0.2) is 0 Å². The maximum absolute atomic E-state index is 9.45. The first kappa shape index (κ1) is 25.7. The highest BCUT2D eigenvalue weighted by Gasteiger charge is 2.35. The maximum atomic E-state index is 9.45. The molecule has 4 nitrogen and oxygen atoms in total. The highest BCUT2D eigenvalue weighted by molar-refractivity contribution is 6.32. The van der Waals surface area contributed by atoms with Gasteiger partial charge < -0.3 is 9.47 Å². The van der Waals surface area contributed by atoms with Crippen LogP contribution in [0.5, 0.6) is 23.0 Å². The van der Waals surface area contributed by atoms with Crippen molar-refractivity contribution in [1.29, 1.82) is 10.5 Å². The van der Waals surface area contributed by atoms with E-state index in [2.05, 4.69) is 36.4 Å². The lowest BCUT2D eigenvalue weighted by Crippen LogP contribution is -2.30. The van der Waals surface area contributed by atoms with E-state index in [1.54, 1.807) is 36.4 Å². The van der Waals surface area contributed by atoms with Gasteiger partial charge in [0.1, 0.15) is 46.3 Å². The molecule has 1 fully saturated rings. The van der Waals surface area contributed by atoms with E-state index in [9.17, 15) is 10.5 Å². The van der Waals surface area contributed by atoms with E-state index in [1.165, 1.54) is 17.5 Å². The molecule has 6 heteroatoms. The molecular formula is C32H24Cl2N2O2. The van der Waals surface area contributed by atoms with Crippen LogP contribution in [0.3, 0.4) is 0 Å². The molecule has 1 aliphatic rings. The zero-order valence-corrected chi connectivity index (χ0v) is 22.1. The number of rotatable bonds is 6. The van der Waals surface area contributed by atoms with Crippen LogP contribution in [0, 0.1) is 22.7 Å². The van der Waals surface area contributed by atoms with E-state index >= 15 is 0 Å². The van der Waals surface area contributed by atoms with Crippen molar-refractivity contribution in [3.63, 3.8) is 0 Å². The number of benzene rings is 4. The molecule has 0 atom stereocenters. The Labute approximate surface area is 232 Å². The predicted octanol–water partition coefficient (Wildman–Crippen LogP) is 9.57. The molecular weight excluding hydrogens is 515 g/mol. The minimum atomic E-state index is -0.114. The van der Waals surface area contributed by atoms with Crippen LogP contribution < -0.4 is 9.47 Å². The number of halogens is 2. The Bertz CT molecular complexity index is 1420. The second kappa shape index (κ2) is 11.2. The zero-order chi connectivity index (χ0) is 26.5. The number of hydrogen-bond acceptors (Lipinski definition) is 4. The molecule has 1 aliphatic carbocycles. The van der Waals surface area contributed by atoms with Crippen molar-refractivity contribution in [2.24, 2.45) is 0 Å². The molecule has 0 heterocycles. The molecule has 188 valence electrons. The smallest absolute Gasteiger partial charge is 0.146 e. The fourth-order valence-corrected chi connectivity index (χ4v) is 5.65. The third-order valence-corrected chi connectivity index (χ3v) is 7.78. The Balaban J connectivity index is 1.41. The van der Waals surface area contributed by atoms with E-state index in [0.717, 1.165) is 25.7 Å². The fourth-order valence-electron chi connectivity index (χ4n) is 5.23. The van der Waals surface area contributed by atoms with Crippen LogP contribution in [-0.2, 0) is 5.41 Å². The first-order chi connectivity index (χ1) is 18.5. The molecule has 4 aromatic carbocycles. The third kappa shape index (κ3) is 5.07. The summed E-state index contributed by atoms with van der Waals surface area (Å²) in [6.07, 6.45) is 5.62. The van der Waals surface area contributed by atoms with Crippen molar-refractivity contribution in [1.82, 2.24) is 0 Å². The van der Waals surface area contributed by atoms with Crippen LogP contribution in [0.15, 0.2) is 84.9 Å². The molecule has 0 unspecified atom stereocenters. The quantitative estimate of drug-likeness (QED) is 0.245. The Morgan fingerprint density at radius 2 is 1.00 bits per heavy atom. The highest BCUT2D eigenvalue weighted by atomic mass is 35.5. The van der Waals surface area contributed by atoms with Gasteiger partial charge >= 0.3 is 0 Å². The number of ether oxygens (including phenoxy) is 2. The molecule has 4 aromatic rings. The lowest BCUT2D eigenvalue weighted by molar-refractivity contribution is 0.345. The largest absolute Gasteiger partial charge is 0.456 e. The SMILES string of the molecule is N#Cc1c(Cl)cccc1Oc1ccc(C2(c3ccc(Oc4cccc(Cl)c4C#N)cc3)CCCCC2)cc1. The molecule has 0 aromatic heterocycles. The van der Waals surface area contributed by atoms with Crippen LogP contribution in [0.2, 0.25) is 10.0 Å². The lowest BCUT2D eigenvalue weighted by Gasteiger charge is -2.38. The van der Waals surface area contributed by atoms with E-state index < -0.39 is 0 Å². The Kier molecular flexibility index (Phi) is 7.57. The zero-order valence-electron chi connectivity index (χ0n) is 20.6. The number of hydrogen-bond donors (Lipinski definition) is 0. The van der Waals surface area contributed by atoms with Crippen molar-refractivity contribution in [2.75, 3.05) is 0 Å². The van der Waals surface area contributed by atoms with Crippen molar-refractivity contribution in [3.05, 3.63) is 117 Å². The molecule has 0 spiro atoms. The summed E-state index contributed by atoms with van der Waals surface area (Å²) in [5.74, 6) is 2.18. The number of nitriles is 2. The van der Waals surface area contributed by atoms with Crippen LogP contribution >= 0.6 is 23.2 Å². The summed E-state index contributed by atoms with van der Waals surface area (Å²) in [5, 5.41) is 19.6. The average Bonchev–Trinajstić information content (AvgIpc) is 2.94. The van der Waals surface area contributed by atoms with Gasteiger partial charge in [0, 0.05) is 5.41 Å². The topological polar surface area (TPSA) is 66.0 Å². The van der Waals surface area contributed by atoms with E-state index in [1.807, 2.05) is 24.3 Å². The van der Waals surface area contributed by atoms with Crippen LogP contribution in [0.25, 0.3) is 0 Å². The van der Waals surface area contributed by atoms with Crippen molar-refractivity contribution in [3.8, 4) is 35.1 Å². The average molecular weight is 539 g/mol. The molecule has 0 bridgehead atoms. The Hall–Kier alpha value is -3.96. The summed E-state index contributed by atoms with van der Waals surface area (Å²) in [7, 11) is 0. The van der Waals surface area contributed by atoms with Crippen LogP contribution in [-0.4, -0.2) is 0 Å². The van der Waals surface area contributed by atoms with Gasteiger partial charge in [-0.25, -0.2) is 0 Å². The monoisotopic (exact) mass is 538 g/mol. The Morgan fingerprint density at radius 1 is 0.579 bits per heavy atom. The summed E-state index contributed by atoms with van der Waals surface area (Å²) >= 11 is 12.3. The van der Waals surface area contributed by atoms with E-state index in [-0.39, 0.29) is 5.41 Å². The lowest BCUT2D eigenvalue weighted by atomic mass is 9.65. The van der Waals surface area contributed by atoms with Crippen molar-refractivity contribution in [2.45, 2.75) is 37.5 Å². The van der Waals surface area contributed by atoms with Gasteiger partial charge in [-0.3, -0.25) is 0 Å². The molecule has 0 N–H and O–H groups in total. The standard InChI is InChI=1S/C32H24Cl2N2O2/c33-28-6-4-8-30(26(28)20-35)37-24-14-10-22(11-15-24)32(18-2-1-3-19-32)23-12-16-25(17-13-23)38-31-9-5-7-29(34)27(31)21-36/h4-17H,1-3,18-19H2. The van der Waals surface area contributed by atoms with E-state index in [4.69, 9.17) is 32.7 Å². The molecule has 38 heavy (non-hydrogen) atoms. The first-order valence-corrected chi connectivity index (χ1v) is 13.2. The number of nitrogens with zero attached hydrogens (tertiary/aromatic N) is 2. The van der Waals surface area contributed by atoms with Crippen LogP contribution in [0.4, 0.5) is 0 Å². The maximum Gasteiger partial charge on any atom is 0.146 e. The van der Waals surface area contributed by atoms with Gasteiger partial charge in [-0.05, 0) is 72.5 Å². The molecule has 5 rings (SSSR count). The van der Waals surface area contributed by atoms with Crippen molar-refractivity contribution < 1.29 is 9.47 Å². The van der Waals surface area contributed by atoms with Gasteiger partial charge in [0.25, 0.3) is 0 Å². The van der Waals surface area contributed by atoms with Gasteiger partial charge in [-0.15, -0.1) is 0 Å². The predicted molar refractivity (Wildman–Crippen MR) is 149 cm³/mol. The van der Waals surface area contributed by atoms with Crippen molar-refractivity contribution >= 4 is 23.2 Å². The summed E-state index contributed by atoms with van der Waals surface area (Å²) in [6, 6.07) is 30.9. The first-order valence-electron chi connectivity index (χ1n) is 12.5. The van der Waals surface area contributed by atoms with Gasteiger partial charge in [0.2, 0.25) is 0 Å². The van der Waals surface area contributed by atoms with Gasteiger partial charge in [-0.1, -0.05) is 78.9 Å². The van der Waals surface area contributed by atoms with Crippen LogP contribution in [0.1, 0.15) is 54.4 Å². The highest BCUT2D eigenvalue weighted by Crippen LogP contribution is 2.46. The summed E-state index contributed by atoms with van der Waals surface area (Å²) in [5.41, 5.74) is 2.99. The van der Waals surface area contributed by atoms with Gasteiger partial charge in [-0.2, -0.15) is 10.5 Å². The second-order valence-electron chi connectivity index (χ2n) is 9.35. The second-order valence-corrected chi connectivity index (χ2v) is 10.2. The Morgan fingerprint density at radius 3 is 1.39 bits per heavy atom. The summed E-state index contributed by atoms with van der Waals surface area (Å²) < 4.78 is 12.0. The van der Waals surface area contributed by atoms with E-state index in [0.29, 0.717) is 44.2 Å².